The Morgan fingerprint density at radius 2 is 1.77 bits per heavy atom. The number of cyclic esters (lactones) is 1. The zero-order chi connectivity index (χ0) is 21.6. The van der Waals surface area contributed by atoms with Crippen molar-refractivity contribution in [3.8, 4) is 5.75 Å². The lowest BCUT2D eigenvalue weighted by molar-refractivity contribution is -0.139. The summed E-state index contributed by atoms with van der Waals surface area (Å²) < 4.78 is 16.5. The summed E-state index contributed by atoms with van der Waals surface area (Å²) in [6.07, 6.45) is 2.41. The molecule has 1 amide bonds. The van der Waals surface area contributed by atoms with Crippen molar-refractivity contribution in [3.05, 3.63) is 77.9 Å². The molecule has 0 bridgehead atoms. The SMILES string of the molecule is CC(C)(C)OC(=O)NC(Cc1ccc(OCc2ccccc2)cc1)[C@H]1C=CC(=O)O1. The molecule has 0 spiro atoms. The average Bonchev–Trinajstić information content (AvgIpc) is 3.13. The van der Waals surface area contributed by atoms with Gasteiger partial charge in [-0.05, 0) is 56.5 Å². The van der Waals surface area contributed by atoms with Crippen molar-refractivity contribution in [1.82, 2.24) is 5.32 Å². The molecule has 6 heteroatoms. The molecular formula is C24H27NO5. The molecule has 0 aliphatic carbocycles. The van der Waals surface area contributed by atoms with Crippen LogP contribution in [0.3, 0.4) is 0 Å². The molecule has 1 unspecified atom stereocenters. The first kappa shape index (κ1) is 21.4. The van der Waals surface area contributed by atoms with Gasteiger partial charge >= 0.3 is 12.1 Å². The van der Waals surface area contributed by atoms with Gasteiger partial charge < -0.3 is 19.5 Å². The highest BCUT2D eigenvalue weighted by Crippen LogP contribution is 2.19. The fraction of sp³-hybridized carbons (Fsp3) is 0.333. The molecule has 2 aromatic rings. The minimum Gasteiger partial charge on any atom is -0.489 e. The molecule has 1 aliphatic rings. The Balaban J connectivity index is 1.62. The summed E-state index contributed by atoms with van der Waals surface area (Å²) in [4.78, 5) is 23.7. The number of nitrogens with one attached hydrogen (secondary N) is 1. The van der Waals surface area contributed by atoms with Crippen LogP contribution >= 0.6 is 0 Å². The molecule has 2 aromatic carbocycles. The minimum absolute atomic E-state index is 0.416. The maximum absolute atomic E-state index is 12.3. The normalized spacial score (nSPS) is 16.6. The third-order valence-electron chi connectivity index (χ3n) is 4.40. The minimum atomic E-state index is -0.617. The average molecular weight is 409 g/mol. The van der Waals surface area contributed by atoms with E-state index in [1.165, 1.54) is 6.08 Å². The standard InChI is InChI=1S/C24H27NO5/c1-24(2,3)30-23(27)25-20(21-13-14-22(26)29-21)15-17-9-11-19(12-10-17)28-16-18-7-5-4-6-8-18/h4-14,20-21H,15-16H2,1-3H3,(H,25,27)/t20?,21-/m1/s1. The molecular weight excluding hydrogens is 382 g/mol. The molecule has 6 nitrogen and oxygen atoms in total. The van der Waals surface area contributed by atoms with Gasteiger partial charge in [-0.15, -0.1) is 0 Å². The van der Waals surface area contributed by atoms with Crippen LogP contribution in [-0.2, 0) is 27.3 Å². The first-order valence-electron chi connectivity index (χ1n) is 9.92. The van der Waals surface area contributed by atoms with E-state index in [9.17, 15) is 9.59 Å². The smallest absolute Gasteiger partial charge is 0.408 e. The predicted molar refractivity (Wildman–Crippen MR) is 113 cm³/mol. The number of benzene rings is 2. The third kappa shape index (κ3) is 6.65. The van der Waals surface area contributed by atoms with E-state index in [1.807, 2.05) is 54.6 Å². The first-order chi connectivity index (χ1) is 14.3. The lowest BCUT2D eigenvalue weighted by Crippen LogP contribution is -2.46. The lowest BCUT2D eigenvalue weighted by atomic mass is 10.0. The van der Waals surface area contributed by atoms with Gasteiger partial charge in [-0.2, -0.15) is 0 Å². The number of carbonyl (C=O) groups excluding carboxylic acids is 2. The number of amides is 1. The summed E-state index contributed by atoms with van der Waals surface area (Å²) in [5.41, 5.74) is 1.45. The third-order valence-corrected chi connectivity index (χ3v) is 4.40. The van der Waals surface area contributed by atoms with Gasteiger partial charge in [-0.1, -0.05) is 42.5 Å². The second-order valence-electron chi connectivity index (χ2n) is 8.14. The molecule has 0 aromatic heterocycles. The van der Waals surface area contributed by atoms with Crippen molar-refractivity contribution in [1.29, 1.82) is 0 Å². The first-order valence-corrected chi connectivity index (χ1v) is 9.92. The summed E-state index contributed by atoms with van der Waals surface area (Å²) in [7, 11) is 0. The molecule has 1 heterocycles. The molecule has 30 heavy (non-hydrogen) atoms. The fourth-order valence-corrected chi connectivity index (χ4v) is 3.03. The molecule has 1 aliphatic heterocycles. The van der Waals surface area contributed by atoms with Crippen LogP contribution in [0.25, 0.3) is 0 Å². The molecule has 2 atom stereocenters. The van der Waals surface area contributed by atoms with Gasteiger partial charge in [0.1, 0.15) is 24.1 Å². The van der Waals surface area contributed by atoms with E-state index in [0.29, 0.717) is 13.0 Å². The van der Waals surface area contributed by atoms with Gasteiger partial charge in [-0.3, -0.25) is 0 Å². The summed E-state index contributed by atoms with van der Waals surface area (Å²) >= 11 is 0. The Hall–Kier alpha value is -3.28. The second kappa shape index (κ2) is 9.48. The molecule has 0 saturated heterocycles. The number of rotatable bonds is 7. The fourth-order valence-electron chi connectivity index (χ4n) is 3.03. The second-order valence-corrected chi connectivity index (χ2v) is 8.14. The predicted octanol–water partition coefficient (Wildman–Crippen LogP) is 4.18. The van der Waals surface area contributed by atoms with Crippen LogP contribution in [0.5, 0.6) is 5.75 Å². The maximum atomic E-state index is 12.3. The highest BCUT2D eigenvalue weighted by atomic mass is 16.6. The molecule has 0 fully saturated rings. The van der Waals surface area contributed by atoms with Crippen molar-refractivity contribution < 1.29 is 23.8 Å². The zero-order valence-electron chi connectivity index (χ0n) is 17.5. The van der Waals surface area contributed by atoms with Crippen LogP contribution in [0, 0.1) is 0 Å². The number of carbonyl (C=O) groups is 2. The van der Waals surface area contributed by atoms with E-state index < -0.39 is 29.8 Å². The largest absolute Gasteiger partial charge is 0.489 e. The monoisotopic (exact) mass is 409 g/mol. The number of hydrogen-bond donors (Lipinski definition) is 1. The van der Waals surface area contributed by atoms with E-state index in [2.05, 4.69) is 5.32 Å². The Morgan fingerprint density at radius 1 is 1.07 bits per heavy atom. The topological polar surface area (TPSA) is 73.9 Å². The van der Waals surface area contributed by atoms with Gasteiger partial charge in [0.2, 0.25) is 0 Å². The number of ether oxygens (including phenoxy) is 3. The highest BCUT2D eigenvalue weighted by molar-refractivity contribution is 5.84. The van der Waals surface area contributed by atoms with E-state index in [-0.39, 0.29) is 0 Å². The van der Waals surface area contributed by atoms with Crippen LogP contribution in [0.4, 0.5) is 4.79 Å². The molecule has 0 radical (unpaired) electrons. The van der Waals surface area contributed by atoms with Crippen molar-refractivity contribution in [2.24, 2.45) is 0 Å². The molecule has 1 N–H and O–H groups in total. The van der Waals surface area contributed by atoms with E-state index in [1.54, 1.807) is 26.8 Å². The van der Waals surface area contributed by atoms with Gasteiger partial charge in [0, 0.05) is 6.08 Å². The van der Waals surface area contributed by atoms with Crippen LogP contribution in [0.1, 0.15) is 31.9 Å². The quantitative estimate of drug-likeness (QED) is 0.695. The van der Waals surface area contributed by atoms with E-state index in [0.717, 1.165) is 16.9 Å². The van der Waals surface area contributed by atoms with Crippen LogP contribution < -0.4 is 10.1 Å². The highest BCUT2D eigenvalue weighted by Gasteiger charge is 2.29. The number of hydrogen-bond acceptors (Lipinski definition) is 5. The van der Waals surface area contributed by atoms with Crippen molar-refractivity contribution in [2.45, 2.75) is 51.5 Å². The van der Waals surface area contributed by atoms with Crippen LogP contribution in [0.2, 0.25) is 0 Å². The van der Waals surface area contributed by atoms with E-state index >= 15 is 0 Å². The van der Waals surface area contributed by atoms with Gasteiger partial charge in [-0.25, -0.2) is 9.59 Å². The van der Waals surface area contributed by atoms with Gasteiger partial charge in [0.25, 0.3) is 0 Å². The van der Waals surface area contributed by atoms with E-state index in [4.69, 9.17) is 14.2 Å². The van der Waals surface area contributed by atoms with Gasteiger partial charge in [0.05, 0.1) is 6.04 Å². The van der Waals surface area contributed by atoms with Crippen LogP contribution in [-0.4, -0.2) is 29.8 Å². The molecule has 3 rings (SSSR count). The maximum Gasteiger partial charge on any atom is 0.408 e. The Morgan fingerprint density at radius 3 is 2.37 bits per heavy atom. The summed E-state index contributed by atoms with van der Waals surface area (Å²) in [5.74, 6) is 0.340. The van der Waals surface area contributed by atoms with Crippen molar-refractivity contribution >= 4 is 12.1 Å². The number of alkyl carbamates (subject to hydrolysis) is 1. The summed E-state index contributed by atoms with van der Waals surface area (Å²) in [6.45, 7) is 5.88. The molecule has 158 valence electrons. The van der Waals surface area contributed by atoms with Crippen molar-refractivity contribution in [3.63, 3.8) is 0 Å². The number of esters is 1. The summed E-state index contributed by atoms with van der Waals surface area (Å²) in [6, 6.07) is 17.1. The Labute approximate surface area is 176 Å². The van der Waals surface area contributed by atoms with Crippen LogP contribution in [0.15, 0.2) is 66.7 Å². The Kier molecular flexibility index (Phi) is 6.77. The zero-order valence-corrected chi connectivity index (χ0v) is 17.5. The Bertz CT molecular complexity index is 884. The van der Waals surface area contributed by atoms with Gasteiger partial charge in [0.15, 0.2) is 0 Å². The van der Waals surface area contributed by atoms with Crippen molar-refractivity contribution in [2.75, 3.05) is 0 Å². The summed E-state index contributed by atoms with van der Waals surface area (Å²) in [5, 5.41) is 2.82. The molecule has 0 saturated carbocycles. The lowest BCUT2D eigenvalue weighted by Gasteiger charge is -2.26.